The maximum Gasteiger partial charge on any atom is 0.245 e. The maximum atomic E-state index is 12.7. The fraction of sp³-hybridized carbons (Fsp3) is 0.875. The number of amides is 2. The molecule has 0 spiro atoms. The van der Waals surface area contributed by atoms with Crippen molar-refractivity contribution in [3.63, 3.8) is 0 Å². The third kappa shape index (κ3) is 2.70. The van der Waals surface area contributed by atoms with Gasteiger partial charge in [0.05, 0.1) is 6.54 Å². The van der Waals surface area contributed by atoms with E-state index in [1.54, 1.807) is 0 Å². The van der Waals surface area contributed by atoms with Crippen LogP contribution in [0.1, 0.15) is 58.3 Å². The SMILES string of the molecule is CC1(CN2CC(=O)NC(C3CCCCC3)C2=O)CCC1. The van der Waals surface area contributed by atoms with Gasteiger partial charge in [0, 0.05) is 6.54 Å². The molecule has 20 heavy (non-hydrogen) atoms. The molecule has 4 heteroatoms. The van der Waals surface area contributed by atoms with Gasteiger partial charge < -0.3 is 10.2 Å². The average Bonchev–Trinajstić information content (AvgIpc) is 2.41. The minimum Gasteiger partial charge on any atom is -0.342 e. The molecule has 1 atom stereocenters. The summed E-state index contributed by atoms with van der Waals surface area (Å²) in [6, 6.07) is -0.250. The first-order valence-electron chi connectivity index (χ1n) is 8.16. The molecule has 2 amide bonds. The van der Waals surface area contributed by atoms with Crippen LogP contribution in [0.2, 0.25) is 0 Å². The molecule has 4 nitrogen and oxygen atoms in total. The van der Waals surface area contributed by atoms with Crippen LogP contribution in [0.15, 0.2) is 0 Å². The van der Waals surface area contributed by atoms with Crippen molar-refractivity contribution in [3.8, 4) is 0 Å². The highest BCUT2D eigenvalue weighted by atomic mass is 16.2. The highest BCUT2D eigenvalue weighted by Crippen LogP contribution is 2.41. The van der Waals surface area contributed by atoms with E-state index < -0.39 is 0 Å². The number of rotatable bonds is 3. The van der Waals surface area contributed by atoms with Crippen molar-refractivity contribution in [1.29, 1.82) is 0 Å². The lowest BCUT2D eigenvalue weighted by molar-refractivity contribution is -0.148. The number of nitrogens with one attached hydrogen (secondary N) is 1. The Morgan fingerprint density at radius 1 is 1.15 bits per heavy atom. The van der Waals surface area contributed by atoms with E-state index in [0.717, 1.165) is 19.4 Å². The van der Waals surface area contributed by atoms with E-state index in [9.17, 15) is 9.59 Å². The first kappa shape index (κ1) is 13.9. The van der Waals surface area contributed by atoms with E-state index in [1.807, 2.05) is 4.90 Å². The molecular formula is C16H26N2O2. The number of nitrogens with zero attached hydrogens (tertiary/aromatic N) is 1. The fourth-order valence-electron chi connectivity index (χ4n) is 4.05. The van der Waals surface area contributed by atoms with Gasteiger partial charge in [0.1, 0.15) is 6.04 Å². The number of hydrogen-bond donors (Lipinski definition) is 1. The normalized spacial score (nSPS) is 30.9. The molecular weight excluding hydrogens is 252 g/mol. The zero-order valence-corrected chi connectivity index (χ0v) is 12.5. The summed E-state index contributed by atoms with van der Waals surface area (Å²) in [5, 5.41) is 2.96. The minimum atomic E-state index is -0.250. The minimum absolute atomic E-state index is 0.0306. The molecule has 0 aromatic heterocycles. The first-order chi connectivity index (χ1) is 9.57. The standard InChI is InChI=1S/C16H26N2O2/c1-16(8-5-9-16)11-18-10-13(19)17-14(15(18)20)12-6-3-2-4-7-12/h12,14H,2-11H2,1H3,(H,17,19). The van der Waals surface area contributed by atoms with Crippen molar-refractivity contribution in [2.45, 2.75) is 64.3 Å². The Balaban J connectivity index is 1.68. The molecule has 0 aromatic rings. The summed E-state index contributed by atoms with van der Waals surface area (Å²) in [7, 11) is 0. The lowest BCUT2D eigenvalue weighted by Crippen LogP contribution is -2.62. The van der Waals surface area contributed by atoms with Gasteiger partial charge in [0.25, 0.3) is 0 Å². The summed E-state index contributed by atoms with van der Waals surface area (Å²) in [5.74, 6) is 0.560. The van der Waals surface area contributed by atoms with Crippen LogP contribution in [0.5, 0.6) is 0 Å². The zero-order chi connectivity index (χ0) is 14.2. The van der Waals surface area contributed by atoms with E-state index >= 15 is 0 Å². The van der Waals surface area contributed by atoms with E-state index in [4.69, 9.17) is 0 Å². The maximum absolute atomic E-state index is 12.7. The van der Waals surface area contributed by atoms with Gasteiger partial charge >= 0.3 is 0 Å². The molecule has 3 rings (SSSR count). The Morgan fingerprint density at radius 2 is 1.85 bits per heavy atom. The van der Waals surface area contributed by atoms with Crippen molar-refractivity contribution in [2.24, 2.45) is 11.3 Å². The summed E-state index contributed by atoms with van der Waals surface area (Å²) in [4.78, 5) is 26.5. The molecule has 2 saturated carbocycles. The lowest BCUT2D eigenvalue weighted by Gasteiger charge is -2.45. The van der Waals surface area contributed by atoms with E-state index in [-0.39, 0.29) is 29.8 Å². The molecule has 1 unspecified atom stereocenters. The molecule has 3 aliphatic rings. The summed E-state index contributed by atoms with van der Waals surface area (Å²) >= 11 is 0. The first-order valence-corrected chi connectivity index (χ1v) is 8.16. The lowest BCUT2D eigenvalue weighted by atomic mass is 9.70. The van der Waals surface area contributed by atoms with Crippen molar-refractivity contribution >= 4 is 11.8 Å². The molecule has 0 radical (unpaired) electrons. The van der Waals surface area contributed by atoms with Crippen LogP contribution in [0.3, 0.4) is 0 Å². The number of carbonyl (C=O) groups excluding carboxylic acids is 2. The Kier molecular flexibility index (Phi) is 3.74. The van der Waals surface area contributed by atoms with Crippen LogP contribution in [0, 0.1) is 11.3 Å². The second kappa shape index (κ2) is 5.38. The highest BCUT2D eigenvalue weighted by Gasteiger charge is 2.42. The Hall–Kier alpha value is -1.06. The van der Waals surface area contributed by atoms with Crippen molar-refractivity contribution < 1.29 is 9.59 Å². The highest BCUT2D eigenvalue weighted by molar-refractivity contribution is 5.95. The predicted octanol–water partition coefficient (Wildman–Crippen LogP) is 2.08. The largest absolute Gasteiger partial charge is 0.342 e. The molecule has 0 bridgehead atoms. The van der Waals surface area contributed by atoms with Gasteiger partial charge in [-0.3, -0.25) is 9.59 Å². The third-order valence-electron chi connectivity index (χ3n) is 5.48. The van der Waals surface area contributed by atoms with Crippen LogP contribution >= 0.6 is 0 Å². The molecule has 1 N–H and O–H groups in total. The molecule has 0 aromatic carbocycles. The van der Waals surface area contributed by atoms with Gasteiger partial charge in [-0.25, -0.2) is 0 Å². The Bertz CT molecular complexity index is 397. The average molecular weight is 278 g/mol. The Labute approximate surface area is 121 Å². The molecule has 112 valence electrons. The molecule has 1 aliphatic heterocycles. The van der Waals surface area contributed by atoms with Crippen molar-refractivity contribution in [3.05, 3.63) is 0 Å². The predicted molar refractivity (Wildman–Crippen MR) is 77.0 cm³/mol. The Morgan fingerprint density at radius 3 is 2.45 bits per heavy atom. The fourth-order valence-corrected chi connectivity index (χ4v) is 4.05. The third-order valence-corrected chi connectivity index (χ3v) is 5.48. The summed E-state index contributed by atoms with van der Waals surface area (Å²) in [6.45, 7) is 3.27. The zero-order valence-electron chi connectivity index (χ0n) is 12.5. The molecule has 1 saturated heterocycles. The van der Waals surface area contributed by atoms with E-state index in [0.29, 0.717) is 5.92 Å². The van der Waals surface area contributed by atoms with Gasteiger partial charge in [-0.1, -0.05) is 32.6 Å². The van der Waals surface area contributed by atoms with Gasteiger partial charge in [-0.2, -0.15) is 0 Å². The monoisotopic (exact) mass is 278 g/mol. The summed E-state index contributed by atoms with van der Waals surface area (Å²) in [6.07, 6.45) is 9.47. The number of carbonyl (C=O) groups is 2. The smallest absolute Gasteiger partial charge is 0.245 e. The van der Waals surface area contributed by atoms with Gasteiger partial charge in [0.15, 0.2) is 0 Å². The van der Waals surface area contributed by atoms with Gasteiger partial charge in [-0.05, 0) is 37.0 Å². The molecule has 2 aliphatic carbocycles. The van der Waals surface area contributed by atoms with Crippen LogP contribution < -0.4 is 5.32 Å². The topological polar surface area (TPSA) is 49.4 Å². The molecule has 3 fully saturated rings. The van der Waals surface area contributed by atoms with Crippen LogP contribution in [-0.4, -0.2) is 35.8 Å². The van der Waals surface area contributed by atoms with Crippen molar-refractivity contribution in [1.82, 2.24) is 10.2 Å². The van der Waals surface area contributed by atoms with E-state index in [2.05, 4.69) is 12.2 Å². The van der Waals surface area contributed by atoms with E-state index in [1.165, 1.54) is 38.5 Å². The van der Waals surface area contributed by atoms with Gasteiger partial charge in [-0.15, -0.1) is 0 Å². The second-order valence-electron chi connectivity index (χ2n) is 7.30. The van der Waals surface area contributed by atoms with Crippen LogP contribution in [0.25, 0.3) is 0 Å². The van der Waals surface area contributed by atoms with Crippen LogP contribution in [-0.2, 0) is 9.59 Å². The number of hydrogen-bond acceptors (Lipinski definition) is 2. The quantitative estimate of drug-likeness (QED) is 0.859. The van der Waals surface area contributed by atoms with Gasteiger partial charge in [0.2, 0.25) is 11.8 Å². The molecule has 1 heterocycles. The summed E-state index contributed by atoms with van der Waals surface area (Å²) < 4.78 is 0. The van der Waals surface area contributed by atoms with Crippen LogP contribution in [0.4, 0.5) is 0 Å². The second-order valence-corrected chi connectivity index (χ2v) is 7.30. The number of piperazine rings is 1. The van der Waals surface area contributed by atoms with Crippen molar-refractivity contribution in [2.75, 3.05) is 13.1 Å². The summed E-state index contributed by atoms with van der Waals surface area (Å²) in [5.41, 5.74) is 0.254.